The van der Waals surface area contributed by atoms with Crippen LogP contribution in [0.3, 0.4) is 0 Å². The van der Waals surface area contributed by atoms with E-state index in [0.29, 0.717) is 0 Å². The summed E-state index contributed by atoms with van der Waals surface area (Å²) in [5.74, 6) is -0.802. The van der Waals surface area contributed by atoms with E-state index in [2.05, 4.69) is 4.99 Å². The third-order valence-corrected chi connectivity index (χ3v) is 1.08. The Balaban J connectivity index is 2.37. The second kappa shape index (κ2) is 2.44. The van der Waals surface area contributed by atoms with Gasteiger partial charge in [-0.2, -0.15) is 0 Å². The lowest BCUT2D eigenvalue weighted by Gasteiger charge is -1.96. The van der Waals surface area contributed by atoms with Crippen molar-refractivity contribution >= 4 is 12.2 Å². The molecule has 48 valence electrons. The number of carboxylic acid groups (broad SMARTS) is 1. The molecule has 0 spiro atoms. The quantitative estimate of drug-likeness (QED) is 0.583. The molecule has 0 amide bonds. The van der Waals surface area contributed by atoms with Crippen LogP contribution in [0.15, 0.2) is 17.1 Å². The SMILES string of the molecule is O=C(O)CC1C=CC=N1. The van der Waals surface area contributed by atoms with E-state index >= 15 is 0 Å². The summed E-state index contributed by atoms with van der Waals surface area (Å²) in [5.41, 5.74) is 0. The average Bonchev–Trinajstić information content (AvgIpc) is 2.15. The van der Waals surface area contributed by atoms with Gasteiger partial charge in [0.25, 0.3) is 0 Å². The predicted octanol–water partition coefficient (Wildman–Crippen LogP) is 0.470. The number of hydrogen-bond acceptors (Lipinski definition) is 2. The molecule has 1 aliphatic heterocycles. The third kappa shape index (κ3) is 1.68. The molecule has 1 N–H and O–H groups in total. The summed E-state index contributed by atoms with van der Waals surface area (Å²) in [5, 5.41) is 8.27. The number of nitrogens with zero attached hydrogens (tertiary/aromatic N) is 1. The Morgan fingerprint density at radius 2 is 2.56 bits per heavy atom. The molecule has 9 heavy (non-hydrogen) atoms. The van der Waals surface area contributed by atoms with E-state index < -0.39 is 5.97 Å². The van der Waals surface area contributed by atoms with E-state index in [1.165, 1.54) is 0 Å². The minimum absolute atomic E-state index is 0.104. The van der Waals surface area contributed by atoms with Crippen molar-refractivity contribution in [2.24, 2.45) is 4.99 Å². The Bertz CT molecular complexity index is 160. The van der Waals surface area contributed by atoms with Crippen molar-refractivity contribution in [2.75, 3.05) is 0 Å². The van der Waals surface area contributed by atoms with Gasteiger partial charge in [0.2, 0.25) is 0 Å². The lowest BCUT2D eigenvalue weighted by molar-refractivity contribution is -0.137. The Morgan fingerprint density at radius 3 is 3.00 bits per heavy atom. The van der Waals surface area contributed by atoms with Crippen molar-refractivity contribution < 1.29 is 9.90 Å². The zero-order valence-corrected chi connectivity index (χ0v) is 4.82. The van der Waals surface area contributed by atoms with E-state index in [-0.39, 0.29) is 12.5 Å². The van der Waals surface area contributed by atoms with Crippen LogP contribution in [0, 0.1) is 0 Å². The molecule has 0 aromatic heterocycles. The highest BCUT2D eigenvalue weighted by Crippen LogP contribution is 2.03. The average molecular weight is 125 g/mol. The maximum atomic E-state index is 10.0. The van der Waals surface area contributed by atoms with E-state index in [1.807, 2.05) is 0 Å². The minimum atomic E-state index is -0.802. The summed E-state index contributed by atoms with van der Waals surface area (Å²) in [6, 6.07) is -0.123. The molecule has 0 aliphatic carbocycles. The molecular formula is C6H7NO2. The van der Waals surface area contributed by atoms with Crippen LogP contribution in [-0.2, 0) is 4.79 Å². The summed E-state index contributed by atoms with van der Waals surface area (Å²) in [7, 11) is 0. The highest BCUT2D eigenvalue weighted by atomic mass is 16.4. The summed E-state index contributed by atoms with van der Waals surface area (Å²) in [6.07, 6.45) is 5.25. The number of rotatable bonds is 2. The molecule has 0 fully saturated rings. The van der Waals surface area contributed by atoms with Crippen LogP contribution < -0.4 is 0 Å². The molecule has 1 heterocycles. The summed E-state index contributed by atoms with van der Waals surface area (Å²) >= 11 is 0. The first-order valence-electron chi connectivity index (χ1n) is 2.71. The fourth-order valence-electron chi connectivity index (χ4n) is 0.688. The number of carboxylic acids is 1. The Morgan fingerprint density at radius 1 is 1.78 bits per heavy atom. The predicted molar refractivity (Wildman–Crippen MR) is 33.7 cm³/mol. The lowest BCUT2D eigenvalue weighted by Crippen LogP contribution is -2.05. The van der Waals surface area contributed by atoms with Crippen molar-refractivity contribution in [2.45, 2.75) is 12.5 Å². The normalized spacial score (nSPS) is 22.9. The second-order valence-electron chi connectivity index (χ2n) is 1.85. The molecule has 0 aromatic carbocycles. The van der Waals surface area contributed by atoms with Crippen LogP contribution in [0.1, 0.15) is 6.42 Å². The van der Waals surface area contributed by atoms with Crippen molar-refractivity contribution in [1.29, 1.82) is 0 Å². The fourth-order valence-corrected chi connectivity index (χ4v) is 0.688. The van der Waals surface area contributed by atoms with Gasteiger partial charge in [0, 0.05) is 6.21 Å². The fraction of sp³-hybridized carbons (Fsp3) is 0.333. The second-order valence-corrected chi connectivity index (χ2v) is 1.85. The first-order valence-corrected chi connectivity index (χ1v) is 2.71. The van der Waals surface area contributed by atoms with Crippen LogP contribution in [-0.4, -0.2) is 23.3 Å². The summed E-state index contributed by atoms with van der Waals surface area (Å²) < 4.78 is 0. The molecule has 0 saturated heterocycles. The molecule has 0 saturated carbocycles. The van der Waals surface area contributed by atoms with Crippen LogP contribution in [0.5, 0.6) is 0 Å². The Kier molecular flexibility index (Phi) is 1.63. The van der Waals surface area contributed by atoms with E-state index in [0.717, 1.165) is 0 Å². The van der Waals surface area contributed by atoms with Crippen LogP contribution in [0.25, 0.3) is 0 Å². The molecule has 1 aliphatic rings. The van der Waals surface area contributed by atoms with Gasteiger partial charge in [-0.15, -0.1) is 0 Å². The number of aliphatic imine (C=N–C) groups is 1. The van der Waals surface area contributed by atoms with Gasteiger partial charge in [-0.05, 0) is 6.08 Å². The van der Waals surface area contributed by atoms with E-state index in [1.54, 1.807) is 18.4 Å². The standard InChI is InChI=1S/C6H7NO2/c8-6(9)4-5-2-1-3-7-5/h1-3,5H,4H2,(H,8,9). The molecule has 1 atom stereocenters. The van der Waals surface area contributed by atoms with Gasteiger partial charge in [0.1, 0.15) is 0 Å². The summed E-state index contributed by atoms with van der Waals surface area (Å²) in [4.78, 5) is 13.9. The molecule has 3 nitrogen and oxygen atoms in total. The van der Waals surface area contributed by atoms with Gasteiger partial charge in [-0.3, -0.25) is 9.79 Å². The van der Waals surface area contributed by atoms with E-state index in [4.69, 9.17) is 5.11 Å². The topological polar surface area (TPSA) is 49.7 Å². The molecular weight excluding hydrogens is 118 g/mol. The van der Waals surface area contributed by atoms with Gasteiger partial charge < -0.3 is 5.11 Å². The molecule has 1 rings (SSSR count). The van der Waals surface area contributed by atoms with Gasteiger partial charge in [-0.25, -0.2) is 0 Å². The largest absolute Gasteiger partial charge is 0.481 e. The zero-order chi connectivity index (χ0) is 6.69. The molecule has 3 heteroatoms. The first-order chi connectivity index (χ1) is 4.29. The van der Waals surface area contributed by atoms with Crippen molar-refractivity contribution in [3.8, 4) is 0 Å². The van der Waals surface area contributed by atoms with Gasteiger partial charge in [0.15, 0.2) is 0 Å². The molecule has 1 unspecified atom stereocenters. The van der Waals surface area contributed by atoms with Gasteiger partial charge in [0.05, 0.1) is 12.5 Å². The Labute approximate surface area is 52.7 Å². The molecule has 0 radical (unpaired) electrons. The summed E-state index contributed by atoms with van der Waals surface area (Å²) in [6.45, 7) is 0. The van der Waals surface area contributed by atoms with Gasteiger partial charge in [-0.1, -0.05) is 6.08 Å². The number of carbonyl (C=O) groups is 1. The van der Waals surface area contributed by atoms with Crippen LogP contribution >= 0.6 is 0 Å². The maximum absolute atomic E-state index is 10.0. The van der Waals surface area contributed by atoms with Crippen LogP contribution in [0.4, 0.5) is 0 Å². The van der Waals surface area contributed by atoms with Gasteiger partial charge >= 0.3 is 5.97 Å². The maximum Gasteiger partial charge on any atom is 0.305 e. The van der Waals surface area contributed by atoms with Crippen LogP contribution in [0.2, 0.25) is 0 Å². The molecule has 0 aromatic rings. The third-order valence-electron chi connectivity index (χ3n) is 1.08. The molecule has 0 bridgehead atoms. The highest BCUT2D eigenvalue weighted by Gasteiger charge is 2.08. The smallest absolute Gasteiger partial charge is 0.305 e. The first kappa shape index (κ1) is 6.01. The highest BCUT2D eigenvalue weighted by molar-refractivity contribution is 5.76. The monoisotopic (exact) mass is 125 g/mol. The van der Waals surface area contributed by atoms with Crippen molar-refractivity contribution in [3.63, 3.8) is 0 Å². The lowest BCUT2D eigenvalue weighted by atomic mass is 10.2. The van der Waals surface area contributed by atoms with Crippen molar-refractivity contribution in [3.05, 3.63) is 12.2 Å². The zero-order valence-electron chi connectivity index (χ0n) is 4.82. The number of hydrogen-bond donors (Lipinski definition) is 1. The number of allylic oxidation sites excluding steroid dienone is 1. The minimum Gasteiger partial charge on any atom is -0.481 e. The number of aliphatic carboxylic acids is 1. The van der Waals surface area contributed by atoms with Crippen molar-refractivity contribution in [1.82, 2.24) is 0 Å². The van der Waals surface area contributed by atoms with E-state index in [9.17, 15) is 4.79 Å². The Hall–Kier alpha value is -1.12.